The SMILES string of the molecule is COC(OC)c1cc(C(N)=O)c(F)c(N2CC[C@@H](N)C2)n1.Cl. The van der Waals surface area contributed by atoms with Gasteiger partial charge < -0.3 is 25.8 Å². The molecule has 124 valence electrons. The van der Waals surface area contributed by atoms with Crippen molar-refractivity contribution in [1.82, 2.24) is 4.98 Å². The topological polar surface area (TPSA) is 104 Å². The molecule has 1 aromatic heterocycles. The molecule has 7 nitrogen and oxygen atoms in total. The molecule has 1 saturated heterocycles. The fourth-order valence-electron chi connectivity index (χ4n) is 2.36. The van der Waals surface area contributed by atoms with E-state index in [0.29, 0.717) is 13.1 Å². The smallest absolute Gasteiger partial charge is 0.251 e. The van der Waals surface area contributed by atoms with Gasteiger partial charge in [0.1, 0.15) is 0 Å². The number of carbonyl (C=O) groups excluding carboxylic acids is 1. The summed E-state index contributed by atoms with van der Waals surface area (Å²) in [5, 5.41) is 0. The summed E-state index contributed by atoms with van der Waals surface area (Å²) in [6, 6.07) is 1.20. The van der Waals surface area contributed by atoms with E-state index >= 15 is 0 Å². The third-order valence-corrected chi connectivity index (χ3v) is 3.42. The lowest BCUT2D eigenvalue weighted by Gasteiger charge is -2.21. The molecule has 0 bridgehead atoms. The Kier molecular flexibility index (Phi) is 6.48. The number of pyridine rings is 1. The average molecular weight is 335 g/mol. The van der Waals surface area contributed by atoms with E-state index < -0.39 is 18.0 Å². The maximum Gasteiger partial charge on any atom is 0.251 e. The maximum absolute atomic E-state index is 14.4. The molecule has 0 saturated carbocycles. The highest BCUT2D eigenvalue weighted by atomic mass is 35.5. The second-order valence-electron chi connectivity index (χ2n) is 4.89. The summed E-state index contributed by atoms with van der Waals surface area (Å²) < 4.78 is 24.6. The fourth-order valence-corrected chi connectivity index (χ4v) is 2.36. The van der Waals surface area contributed by atoms with Gasteiger partial charge in [-0.1, -0.05) is 0 Å². The summed E-state index contributed by atoms with van der Waals surface area (Å²) in [5.41, 5.74) is 11.1. The molecule has 9 heteroatoms. The van der Waals surface area contributed by atoms with E-state index in [1.54, 1.807) is 4.90 Å². The highest BCUT2D eigenvalue weighted by Gasteiger charge is 2.27. The number of primary amides is 1. The zero-order chi connectivity index (χ0) is 15.6. The molecule has 0 spiro atoms. The molecule has 1 fully saturated rings. The van der Waals surface area contributed by atoms with Gasteiger partial charge in [0.2, 0.25) is 6.29 Å². The minimum absolute atomic E-state index is 0. The molecule has 4 N–H and O–H groups in total. The lowest BCUT2D eigenvalue weighted by atomic mass is 10.2. The summed E-state index contributed by atoms with van der Waals surface area (Å²) in [6.07, 6.45) is -0.0753. The van der Waals surface area contributed by atoms with E-state index in [2.05, 4.69) is 4.98 Å². The number of halogens is 2. The number of rotatable bonds is 5. The van der Waals surface area contributed by atoms with Crippen LogP contribution in [0.5, 0.6) is 0 Å². The maximum atomic E-state index is 14.4. The number of ether oxygens (including phenoxy) is 2. The first kappa shape index (κ1) is 18.6. The standard InChI is InChI=1S/C13H19FN4O3.ClH/c1-20-13(21-2)9-5-8(11(16)19)10(14)12(17-9)18-4-3-7(15)6-18;/h5,7,13H,3-4,6,15H2,1-2H3,(H2,16,19);1H/t7-;/m1./s1. The van der Waals surface area contributed by atoms with Gasteiger partial charge >= 0.3 is 0 Å². The summed E-state index contributed by atoms with van der Waals surface area (Å²) in [5.74, 6) is -1.56. The summed E-state index contributed by atoms with van der Waals surface area (Å²) in [6.45, 7) is 1.04. The molecule has 1 aliphatic rings. The third-order valence-electron chi connectivity index (χ3n) is 3.42. The Bertz CT molecular complexity index is 542. The Morgan fingerprint density at radius 2 is 2.14 bits per heavy atom. The van der Waals surface area contributed by atoms with Crippen molar-refractivity contribution in [3.05, 3.63) is 23.1 Å². The zero-order valence-electron chi connectivity index (χ0n) is 12.4. The molecule has 22 heavy (non-hydrogen) atoms. The molecule has 0 aliphatic carbocycles. The van der Waals surface area contributed by atoms with Gasteiger partial charge in [0.05, 0.1) is 11.3 Å². The molecule has 1 atom stereocenters. The third kappa shape index (κ3) is 3.64. The van der Waals surface area contributed by atoms with Crippen LogP contribution < -0.4 is 16.4 Å². The van der Waals surface area contributed by atoms with Gasteiger partial charge in [-0.2, -0.15) is 0 Å². The predicted octanol–water partition coefficient (Wildman–Crippen LogP) is 0.570. The number of anilines is 1. The number of nitrogens with zero attached hydrogens (tertiary/aromatic N) is 2. The van der Waals surface area contributed by atoms with Crippen LogP contribution in [0.15, 0.2) is 6.07 Å². The normalized spacial score (nSPS) is 17.7. The van der Waals surface area contributed by atoms with Crippen molar-refractivity contribution >= 4 is 24.1 Å². The van der Waals surface area contributed by atoms with Gasteiger partial charge in [-0.15, -0.1) is 12.4 Å². The van der Waals surface area contributed by atoms with Crippen LogP contribution in [0.3, 0.4) is 0 Å². The van der Waals surface area contributed by atoms with Gasteiger partial charge in [0.25, 0.3) is 5.91 Å². The Labute approximate surface area is 134 Å². The van der Waals surface area contributed by atoms with Crippen molar-refractivity contribution in [3.63, 3.8) is 0 Å². The lowest BCUT2D eigenvalue weighted by molar-refractivity contribution is -0.108. The molecule has 1 aliphatic heterocycles. The summed E-state index contributed by atoms with van der Waals surface area (Å²) >= 11 is 0. The molecule has 1 aromatic rings. The van der Waals surface area contributed by atoms with Crippen molar-refractivity contribution < 1.29 is 18.7 Å². The van der Waals surface area contributed by atoms with Gasteiger partial charge in [0, 0.05) is 33.4 Å². The zero-order valence-corrected chi connectivity index (χ0v) is 13.2. The van der Waals surface area contributed by atoms with Crippen LogP contribution in [0.4, 0.5) is 10.2 Å². The van der Waals surface area contributed by atoms with Crippen LogP contribution in [0, 0.1) is 5.82 Å². The number of carbonyl (C=O) groups is 1. The number of nitrogens with two attached hydrogens (primary N) is 2. The van der Waals surface area contributed by atoms with E-state index in [1.807, 2.05) is 0 Å². The molecule has 0 radical (unpaired) electrons. The summed E-state index contributed by atoms with van der Waals surface area (Å²) in [7, 11) is 2.85. The van der Waals surface area contributed by atoms with Crippen LogP contribution in [0.2, 0.25) is 0 Å². The van der Waals surface area contributed by atoms with Crippen molar-refractivity contribution in [3.8, 4) is 0 Å². The second kappa shape index (κ2) is 7.68. The number of amides is 1. The Morgan fingerprint density at radius 3 is 2.59 bits per heavy atom. The van der Waals surface area contributed by atoms with Gasteiger partial charge in [-0.3, -0.25) is 4.79 Å². The van der Waals surface area contributed by atoms with Crippen molar-refractivity contribution in [2.24, 2.45) is 11.5 Å². The van der Waals surface area contributed by atoms with Crippen LogP contribution in [0.1, 0.15) is 28.8 Å². The minimum atomic E-state index is -0.869. The molecule has 0 unspecified atom stereocenters. The van der Waals surface area contributed by atoms with Crippen molar-refractivity contribution in [2.75, 3.05) is 32.2 Å². The first-order valence-electron chi connectivity index (χ1n) is 6.54. The molecule has 1 amide bonds. The minimum Gasteiger partial charge on any atom is -0.366 e. The fraction of sp³-hybridized carbons (Fsp3) is 0.538. The van der Waals surface area contributed by atoms with E-state index in [1.165, 1.54) is 20.3 Å². The van der Waals surface area contributed by atoms with Crippen molar-refractivity contribution in [1.29, 1.82) is 0 Å². The Hall–Kier alpha value is -1.48. The second-order valence-corrected chi connectivity index (χ2v) is 4.89. The predicted molar refractivity (Wildman–Crippen MR) is 81.5 cm³/mol. The van der Waals surface area contributed by atoms with Crippen LogP contribution in [-0.4, -0.2) is 44.2 Å². The molecule has 2 rings (SSSR count). The molecule has 0 aromatic carbocycles. The number of hydrogen-bond acceptors (Lipinski definition) is 6. The monoisotopic (exact) mass is 334 g/mol. The highest BCUT2D eigenvalue weighted by molar-refractivity contribution is 5.94. The quantitative estimate of drug-likeness (QED) is 0.763. The van der Waals surface area contributed by atoms with Gasteiger partial charge in [-0.05, 0) is 12.5 Å². The largest absolute Gasteiger partial charge is 0.366 e. The first-order chi connectivity index (χ1) is 9.97. The first-order valence-corrected chi connectivity index (χ1v) is 6.54. The summed E-state index contributed by atoms with van der Waals surface area (Å²) in [4.78, 5) is 17.3. The van der Waals surface area contributed by atoms with Gasteiger partial charge in [-0.25, -0.2) is 9.37 Å². The van der Waals surface area contributed by atoms with Crippen LogP contribution in [-0.2, 0) is 9.47 Å². The highest BCUT2D eigenvalue weighted by Crippen LogP contribution is 2.27. The van der Waals surface area contributed by atoms with Crippen LogP contribution >= 0.6 is 12.4 Å². The van der Waals surface area contributed by atoms with Crippen LogP contribution in [0.25, 0.3) is 0 Å². The number of hydrogen-bond donors (Lipinski definition) is 2. The molecular weight excluding hydrogens is 315 g/mol. The van der Waals surface area contributed by atoms with E-state index in [4.69, 9.17) is 20.9 Å². The van der Waals surface area contributed by atoms with Crippen molar-refractivity contribution in [2.45, 2.75) is 18.8 Å². The molecule has 2 heterocycles. The number of aromatic nitrogens is 1. The molecular formula is C13H20ClFN4O3. The Morgan fingerprint density at radius 1 is 1.50 bits per heavy atom. The van der Waals surface area contributed by atoms with Gasteiger partial charge in [0.15, 0.2) is 11.6 Å². The van der Waals surface area contributed by atoms with E-state index in [-0.39, 0.29) is 35.5 Å². The van der Waals surface area contributed by atoms with E-state index in [0.717, 1.165) is 6.42 Å². The average Bonchev–Trinajstić information content (AvgIpc) is 2.87. The lowest BCUT2D eigenvalue weighted by Crippen LogP contribution is -2.29. The van der Waals surface area contributed by atoms with E-state index in [9.17, 15) is 9.18 Å². The number of methoxy groups -OCH3 is 2. The Balaban J connectivity index is 0.00000242.